The van der Waals surface area contributed by atoms with Crippen LogP contribution in [0.1, 0.15) is 10.4 Å². The van der Waals surface area contributed by atoms with E-state index in [4.69, 9.17) is 21.1 Å². The number of hydrogen-bond acceptors (Lipinski definition) is 6. The third-order valence-corrected chi connectivity index (χ3v) is 4.11. The molecule has 0 unspecified atom stereocenters. The largest absolute Gasteiger partial charge is 0.482 e. The van der Waals surface area contributed by atoms with Gasteiger partial charge in [0, 0.05) is 28.4 Å². The predicted octanol–water partition coefficient (Wildman–Crippen LogP) is 4.48. The summed E-state index contributed by atoms with van der Waals surface area (Å²) in [7, 11) is 0. The molecule has 0 aromatic heterocycles. The Hall–Kier alpha value is -3.91. The van der Waals surface area contributed by atoms with Gasteiger partial charge < -0.3 is 14.8 Å². The molecule has 0 fully saturated rings. The number of nitrogens with zero attached hydrogens (tertiary/aromatic N) is 1. The maximum Gasteiger partial charge on any atom is 0.349 e. The van der Waals surface area contributed by atoms with Gasteiger partial charge in [-0.15, -0.1) is 0 Å². The van der Waals surface area contributed by atoms with Gasteiger partial charge in [0.2, 0.25) is 0 Å². The monoisotopic (exact) mass is 426 g/mol. The Kier molecular flexibility index (Phi) is 6.61. The van der Waals surface area contributed by atoms with Crippen LogP contribution >= 0.6 is 11.6 Å². The molecule has 3 aromatic carbocycles. The van der Waals surface area contributed by atoms with E-state index in [1.165, 1.54) is 48.5 Å². The van der Waals surface area contributed by atoms with Gasteiger partial charge in [-0.25, -0.2) is 4.79 Å². The quantitative estimate of drug-likeness (QED) is 0.258. The van der Waals surface area contributed by atoms with Crippen molar-refractivity contribution in [3.8, 4) is 11.5 Å². The summed E-state index contributed by atoms with van der Waals surface area (Å²) >= 11 is 5.81. The first kappa shape index (κ1) is 20.8. The van der Waals surface area contributed by atoms with Gasteiger partial charge in [0.1, 0.15) is 11.5 Å². The van der Waals surface area contributed by atoms with E-state index in [0.717, 1.165) is 0 Å². The average Bonchev–Trinajstić information content (AvgIpc) is 2.74. The van der Waals surface area contributed by atoms with Gasteiger partial charge in [0.15, 0.2) is 6.61 Å². The van der Waals surface area contributed by atoms with Crippen molar-refractivity contribution in [1.82, 2.24) is 0 Å². The average molecular weight is 427 g/mol. The number of carbonyl (C=O) groups excluding carboxylic acids is 2. The topological polar surface area (TPSA) is 108 Å². The minimum Gasteiger partial charge on any atom is -0.482 e. The summed E-state index contributed by atoms with van der Waals surface area (Å²) in [6.45, 7) is -0.378. The van der Waals surface area contributed by atoms with Crippen LogP contribution in [0.5, 0.6) is 11.5 Å². The number of amides is 1. The number of non-ortho nitro benzene ring substituents is 1. The zero-order valence-electron chi connectivity index (χ0n) is 15.4. The Bertz CT molecular complexity index is 1050. The third kappa shape index (κ3) is 5.79. The Labute approximate surface area is 176 Å². The van der Waals surface area contributed by atoms with Gasteiger partial charge in [-0.05, 0) is 60.7 Å². The first-order valence-corrected chi connectivity index (χ1v) is 9.03. The van der Waals surface area contributed by atoms with E-state index in [9.17, 15) is 19.7 Å². The van der Waals surface area contributed by atoms with Crippen LogP contribution in [0.4, 0.5) is 11.4 Å². The highest BCUT2D eigenvalue weighted by atomic mass is 35.5. The van der Waals surface area contributed by atoms with E-state index in [1.54, 1.807) is 24.3 Å². The molecule has 0 spiro atoms. The number of hydrogen-bond donors (Lipinski definition) is 1. The first-order valence-electron chi connectivity index (χ1n) is 8.65. The number of rotatable bonds is 7. The number of halogens is 1. The third-order valence-electron chi connectivity index (χ3n) is 3.85. The molecule has 0 bridgehead atoms. The molecule has 0 aliphatic rings. The molecule has 0 saturated heterocycles. The summed E-state index contributed by atoms with van der Waals surface area (Å²) in [5.41, 5.74) is 0.903. The minimum atomic E-state index is -0.660. The minimum absolute atomic E-state index is 0.0786. The van der Waals surface area contributed by atoms with E-state index < -0.39 is 10.9 Å². The zero-order chi connectivity index (χ0) is 21.5. The number of benzene rings is 3. The smallest absolute Gasteiger partial charge is 0.349 e. The Morgan fingerprint density at radius 3 is 2.10 bits per heavy atom. The summed E-state index contributed by atoms with van der Waals surface area (Å²) in [4.78, 5) is 34.2. The highest BCUT2D eigenvalue weighted by Gasteiger charge is 2.10. The Balaban J connectivity index is 1.50. The lowest BCUT2D eigenvalue weighted by Crippen LogP contribution is -2.18. The summed E-state index contributed by atoms with van der Waals surface area (Å²) in [6.07, 6.45) is 0. The lowest BCUT2D eigenvalue weighted by molar-refractivity contribution is -0.384. The molecular weight excluding hydrogens is 412 g/mol. The second-order valence-electron chi connectivity index (χ2n) is 6.00. The Morgan fingerprint density at radius 1 is 0.900 bits per heavy atom. The van der Waals surface area contributed by atoms with E-state index in [1.807, 2.05) is 0 Å². The maximum atomic E-state index is 12.2. The van der Waals surface area contributed by atoms with Crippen molar-refractivity contribution in [2.75, 3.05) is 11.9 Å². The molecule has 8 nitrogen and oxygen atoms in total. The van der Waals surface area contributed by atoms with Crippen LogP contribution in [0.2, 0.25) is 5.02 Å². The van der Waals surface area contributed by atoms with Crippen molar-refractivity contribution < 1.29 is 24.0 Å². The molecule has 3 aromatic rings. The fourth-order valence-corrected chi connectivity index (χ4v) is 2.50. The standard InChI is InChI=1S/C21H15ClN2O6/c22-15-3-5-16(6-4-15)23-21(26)14-1-9-19(10-2-14)30-20(25)13-29-18-11-7-17(8-12-18)24(27)28/h1-12H,13H2,(H,23,26). The fourth-order valence-electron chi connectivity index (χ4n) is 2.38. The number of nitro benzene ring substituents is 1. The van der Waals surface area contributed by atoms with Crippen LogP contribution in [-0.2, 0) is 4.79 Å². The normalized spacial score (nSPS) is 10.2. The molecule has 0 atom stereocenters. The molecule has 1 amide bonds. The number of nitro groups is 1. The molecule has 0 aliphatic heterocycles. The summed E-state index contributed by atoms with van der Waals surface area (Å²) in [6, 6.07) is 18.0. The lowest BCUT2D eigenvalue weighted by atomic mass is 10.2. The number of carbonyl (C=O) groups is 2. The van der Waals surface area contributed by atoms with Crippen LogP contribution in [-0.4, -0.2) is 23.4 Å². The number of esters is 1. The van der Waals surface area contributed by atoms with E-state index in [-0.39, 0.29) is 24.0 Å². The molecule has 152 valence electrons. The summed E-state index contributed by atoms with van der Waals surface area (Å²) in [5.74, 6) is -0.439. The second kappa shape index (κ2) is 9.53. The molecule has 9 heteroatoms. The molecule has 0 heterocycles. The number of nitrogens with one attached hydrogen (secondary N) is 1. The van der Waals surface area contributed by atoms with Gasteiger partial charge in [-0.3, -0.25) is 14.9 Å². The lowest BCUT2D eigenvalue weighted by Gasteiger charge is -2.08. The fraction of sp³-hybridized carbons (Fsp3) is 0.0476. The number of anilines is 1. The second-order valence-corrected chi connectivity index (χ2v) is 6.44. The number of ether oxygens (including phenoxy) is 2. The van der Waals surface area contributed by atoms with Gasteiger partial charge in [-0.1, -0.05) is 11.6 Å². The molecule has 30 heavy (non-hydrogen) atoms. The molecular formula is C21H15ClN2O6. The van der Waals surface area contributed by atoms with Crippen LogP contribution in [0.25, 0.3) is 0 Å². The SMILES string of the molecule is O=C(COc1ccc([N+](=O)[O-])cc1)Oc1ccc(C(=O)Nc2ccc(Cl)cc2)cc1. The highest BCUT2D eigenvalue weighted by Crippen LogP contribution is 2.18. The van der Waals surface area contributed by atoms with Gasteiger partial charge in [0.25, 0.3) is 11.6 Å². The van der Waals surface area contributed by atoms with Crippen molar-refractivity contribution in [1.29, 1.82) is 0 Å². The first-order chi connectivity index (χ1) is 14.4. The van der Waals surface area contributed by atoms with E-state index in [2.05, 4.69) is 5.32 Å². The maximum absolute atomic E-state index is 12.2. The van der Waals surface area contributed by atoms with Crippen molar-refractivity contribution in [2.45, 2.75) is 0 Å². The van der Waals surface area contributed by atoms with Crippen LogP contribution in [0.15, 0.2) is 72.8 Å². The molecule has 1 N–H and O–H groups in total. The van der Waals surface area contributed by atoms with Gasteiger partial charge in [0.05, 0.1) is 4.92 Å². The van der Waals surface area contributed by atoms with Crippen LogP contribution < -0.4 is 14.8 Å². The van der Waals surface area contributed by atoms with E-state index in [0.29, 0.717) is 22.0 Å². The van der Waals surface area contributed by atoms with Crippen molar-refractivity contribution in [3.05, 3.63) is 93.5 Å². The van der Waals surface area contributed by atoms with Gasteiger partial charge in [-0.2, -0.15) is 0 Å². The molecule has 0 radical (unpaired) electrons. The zero-order valence-corrected chi connectivity index (χ0v) is 16.2. The van der Waals surface area contributed by atoms with Gasteiger partial charge >= 0.3 is 5.97 Å². The molecule has 0 saturated carbocycles. The molecule has 0 aliphatic carbocycles. The molecule has 3 rings (SSSR count). The predicted molar refractivity (Wildman–Crippen MR) is 110 cm³/mol. The van der Waals surface area contributed by atoms with Crippen LogP contribution in [0, 0.1) is 10.1 Å². The van der Waals surface area contributed by atoms with Crippen LogP contribution in [0.3, 0.4) is 0 Å². The Morgan fingerprint density at radius 2 is 1.50 bits per heavy atom. The summed E-state index contributed by atoms with van der Waals surface area (Å²) in [5, 5.41) is 13.9. The van der Waals surface area contributed by atoms with Crippen molar-refractivity contribution in [2.24, 2.45) is 0 Å². The van der Waals surface area contributed by atoms with Crippen molar-refractivity contribution >= 4 is 34.9 Å². The summed E-state index contributed by atoms with van der Waals surface area (Å²) < 4.78 is 10.4. The highest BCUT2D eigenvalue weighted by molar-refractivity contribution is 6.30. The van der Waals surface area contributed by atoms with Crippen molar-refractivity contribution in [3.63, 3.8) is 0 Å². The van der Waals surface area contributed by atoms with E-state index >= 15 is 0 Å².